The molecule has 0 fully saturated rings. The van der Waals surface area contributed by atoms with E-state index in [0.717, 1.165) is 6.26 Å². The molecule has 0 radical (unpaired) electrons. The molecule has 0 aromatic heterocycles. The molecule has 0 saturated heterocycles. The van der Waals surface area contributed by atoms with Gasteiger partial charge >= 0.3 is 0 Å². The zero-order chi connectivity index (χ0) is 17.8. The maximum Gasteiger partial charge on any atom is 0.260 e. The van der Waals surface area contributed by atoms with Gasteiger partial charge in [0.05, 0.1) is 11.9 Å². The number of rotatable bonds is 7. The molecule has 1 amide bonds. The van der Waals surface area contributed by atoms with Crippen molar-refractivity contribution in [1.29, 1.82) is 0 Å². The van der Waals surface area contributed by atoms with Gasteiger partial charge in [-0.05, 0) is 44.0 Å². The van der Waals surface area contributed by atoms with Crippen LogP contribution in [0.3, 0.4) is 0 Å². The third-order valence-corrected chi connectivity index (χ3v) is 4.96. The van der Waals surface area contributed by atoms with Crippen molar-refractivity contribution >= 4 is 21.6 Å². The molecule has 2 atom stereocenters. The lowest BCUT2D eigenvalue weighted by Gasteiger charge is -2.21. The van der Waals surface area contributed by atoms with Crippen LogP contribution < -0.4 is 14.4 Å². The van der Waals surface area contributed by atoms with Crippen LogP contribution in [-0.4, -0.2) is 39.8 Å². The van der Waals surface area contributed by atoms with Crippen LogP contribution in [0, 0.1) is 5.92 Å². The number of nitrogens with one attached hydrogen (secondary N) is 1. The molecule has 0 aliphatic carbocycles. The van der Waals surface area contributed by atoms with Gasteiger partial charge in [0.2, 0.25) is 10.0 Å². The van der Waals surface area contributed by atoms with E-state index in [1.54, 1.807) is 31.2 Å². The highest BCUT2D eigenvalue weighted by Crippen LogP contribution is 2.21. The number of carbonyl (C=O) groups is 1. The molecule has 0 spiro atoms. The third-order valence-electron chi connectivity index (χ3n) is 3.75. The van der Waals surface area contributed by atoms with Crippen LogP contribution in [0.1, 0.15) is 27.7 Å². The monoisotopic (exact) mass is 342 g/mol. The highest BCUT2D eigenvalue weighted by molar-refractivity contribution is 7.92. The predicted molar refractivity (Wildman–Crippen MR) is 92.2 cm³/mol. The van der Waals surface area contributed by atoms with Crippen LogP contribution >= 0.6 is 0 Å². The van der Waals surface area contributed by atoms with Gasteiger partial charge in [-0.3, -0.25) is 9.10 Å². The summed E-state index contributed by atoms with van der Waals surface area (Å²) in [4.78, 5) is 12.0. The summed E-state index contributed by atoms with van der Waals surface area (Å²) < 4.78 is 29.7. The highest BCUT2D eigenvalue weighted by Gasteiger charge is 2.18. The number of amides is 1. The topological polar surface area (TPSA) is 75.7 Å². The summed E-state index contributed by atoms with van der Waals surface area (Å²) >= 11 is 0. The normalized spacial score (nSPS) is 14.2. The van der Waals surface area contributed by atoms with Gasteiger partial charge in [0, 0.05) is 13.1 Å². The van der Waals surface area contributed by atoms with Crippen LogP contribution in [0.5, 0.6) is 5.75 Å². The molecule has 0 aliphatic rings. The molecular weight excluding hydrogens is 316 g/mol. The second kappa shape index (κ2) is 7.68. The van der Waals surface area contributed by atoms with Crippen molar-refractivity contribution in [1.82, 2.24) is 5.32 Å². The maximum absolute atomic E-state index is 12.0. The summed E-state index contributed by atoms with van der Waals surface area (Å²) in [6.45, 7) is 7.70. The Morgan fingerprint density at radius 3 is 2.09 bits per heavy atom. The summed E-state index contributed by atoms with van der Waals surface area (Å²) in [6.07, 6.45) is 0.509. The van der Waals surface area contributed by atoms with Gasteiger partial charge in [-0.25, -0.2) is 8.42 Å². The largest absolute Gasteiger partial charge is 0.481 e. The molecule has 1 aromatic carbocycles. The van der Waals surface area contributed by atoms with Gasteiger partial charge in [0.1, 0.15) is 5.75 Å². The van der Waals surface area contributed by atoms with Crippen LogP contribution in [-0.2, 0) is 14.8 Å². The summed E-state index contributed by atoms with van der Waals surface area (Å²) in [5.74, 6) is 0.677. The van der Waals surface area contributed by atoms with E-state index in [1.807, 2.05) is 20.8 Å². The Kier molecular flexibility index (Phi) is 6.44. The van der Waals surface area contributed by atoms with Gasteiger partial charge in [-0.2, -0.15) is 0 Å². The lowest BCUT2D eigenvalue weighted by molar-refractivity contribution is -0.128. The number of ether oxygens (including phenoxy) is 1. The van der Waals surface area contributed by atoms with E-state index in [-0.39, 0.29) is 11.9 Å². The van der Waals surface area contributed by atoms with Crippen LogP contribution in [0.2, 0.25) is 0 Å². The lowest BCUT2D eigenvalue weighted by Crippen LogP contribution is -2.43. The summed E-state index contributed by atoms with van der Waals surface area (Å²) in [5.41, 5.74) is 0.533. The molecule has 23 heavy (non-hydrogen) atoms. The summed E-state index contributed by atoms with van der Waals surface area (Å²) in [5, 5.41) is 2.90. The minimum Gasteiger partial charge on any atom is -0.481 e. The average Bonchev–Trinajstić information content (AvgIpc) is 2.46. The molecule has 0 saturated carbocycles. The zero-order valence-electron chi connectivity index (χ0n) is 14.5. The van der Waals surface area contributed by atoms with Crippen molar-refractivity contribution in [3.63, 3.8) is 0 Å². The second-order valence-corrected chi connectivity index (χ2v) is 8.04. The third kappa shape index (κ3) is 5.74. The van der Waals surface area contributed by atoms with E-state index in [9.17, 15) is 13.2 Å². The number of anilines is 1. The van der Waals surface area contributed by atoms with Crippen molar-refractivity contribution in [2.75, 3.05) is 17.6 Å². The fraction of sp³-hybridized carbons (Fsp3) is 0.562. The minimum atomic E-state index is -3.30. The molecule has 7 heteroatoms. The Hall–Kier alpha value is -1.76. The van der Waals surface area contributed by atoms with E-state index < -0.39 is 16.1 Å². The van der Waals surface area contributed by atoms with Crippen molar-refractivity contribution in [3.8, 4) is 5.75 Å². The van der Waals surface area contributed by atoms with Gasteiger partial charge < -0.3 is 10.1 Å². The number of carbonyl (C=O) groups excluding carboxylic acids is 1. The van der Waals surface area contributed by atoms with Gasteiger partial charge in [0.25, 0.3) is 5.91 Å². The summed E-state index contributed by atoms with van der Waals surface area (Å²) in [6, 6.07) is 6.63. The molecule has 6 nitrogen and oxygen atoms in total. The van der Waals surface area contributed by atoms with Crippen LogP contribution in [0.15, 0.2) is 24.3 Å². The molecule has 0 aliphatic heterocycles. The molecule has 0 bridgehead atoms. The smallest absolute Gasteiger partial charge is 0.260 e. The van der Waals surface area contributed by atoms with Crippen LogP contribution in [0.25, 0.3) is 0 Å². The van der Waals surface area contributed by atoms with Crippen molar-refractivity contribution < 1.29 is 17.9 Å². The first-order valence-electron chi connectivity index (χ1n) is 7.53. The first-order chi connectivity index (χ1) is 10.5. The van der Waals surface area contributed by atoms with Crippen LogP contribution in [0.4, 0.5) is 5.69 Å². The molecule has 1 N–H and O–H groups in total. The molecule has 1 rings (SSSR count). The first-order valence-corrected chi connectivity index (χ1v) is 9.38. The Balaban J connectivity index is 2.69. The first kappa shape index (κ1) is 19.3. The Morgan fingerprint density at radius 2 is 1.65 bits per heavy atom. The number of sulfonamides is 1. The Labute approximate surface area is 138 Å². The zero-order valence-corrected chi connectivity index (χ0v) is 15.3. The number of hydrogen-bond donors (Lipinski definition) is 1. The van der Waals surface area contributed by atoms with E-state index in [0.29, 0.717) is 17.4 Å². The molecule has 1 aromatic rings. The van der Waals surface area contributed by atoms with E-state index in [2.05, 4.69) is 5.32 Å². The lowest BCUT2D eigenvalue weighted by atomic mass is 10.1. The average molecular weight is 342 g/mol. The number of benzene rings is 1. The fourth-order valence-electron chi connectivity index (χ4n) is 1.69. The van der Waals surface area contributed by atoms with Gasteiger partial charge in [-0.1, -0.05) is 13.8 Å². The fourth-order valence-corrected chi connectivity index (χ4v) is 2.20. The predicted octanol–water partition coefficient (Wildman–Crippen LogP) is 2.01. The Morgan fingerprint density at radius 1 is 1.13 bits per heavy atom. The SMILES string of the molecule is CC(C)[C@H](C)NC(=O)[C@H](C)Oc1ccc(N(C)S(C)(=O)=O)cc1. The molecule has 0 unspecified atom stereocenters. The highest BCUT2D eigenvalue weighted by atomic mass is 32.2. The molecule has 0 heterocycles. The molecular formula is C16H26N2O4S. The van der Waals surface area contributed by atoms with E-state index >= 15 is 0 Å². The second-order valence-electron chi connectivity index (χ2n) is 6.03. The quantitative estimate of drug-likeness (QED) is 0.822. The van der Waals surface area contributed by atoms with Gasteiger partial charge in [-0.15, -0.1) is 0 Å². The Bertz CT molecular complexity index is 626. The van der Waals surface area contributed by atoms with E-state index in [4.69, 9.17) is 4.74 Å². The molecule has 130 valence electrons. The van der Waals surface area contributed by atoms with Crippen molar-refractivity contribution in [3.05, 3.63) is 24.3 Å². The summed E-state index contributed by atoms with van der Waals surface area (Å²) in [7, 11) is -1.82. The number of hydrogen-bond acceptors (Lipinski definition) is 4. The van der Waals surface area contributed by atoms with Crippen molar-refractivity contribution in [2.45, 2.75) is 39.8 Å². The maximum atomic E-state index is 12.0. The minimum absolute atomic E-state index is 0.0688. The number of nitrogens with zero attached hydrogens (tertiary/aromatic N) is 1. The van der Waals surface area contributed by atoms with Crippen molar-refractivity contribution in [2.24, 2.45) is 5.92 Å². The van der Waals surface area contributed by atoms with Gasteiger partial charge in [0.15, 0.2) is 6.10 Å². The standard InChI is InChI=1S/C16H26N2O4S/c1-11(2)12(3)17-16(19)13(4)22-15-9-7-14(8-10-15)18(5)23(6,20)21/h7-13H,1-6H3,(H,17,19)/t12-,13-/m0/s1. The van der Waals surface area contributed by atoms with E-state index in [1.165, 1.54) is 11.4 Å².